The molecule has 2 rings (SSSR count). The van der Waals surface area contributed by atoms with Gasteiger partial charge in [0.05, 0.1) is 0 Å². The number of rotatable bonds is 5. The topological polar surface area (TPSA) is 43.4 Å². The predicted octanol–water partition coefficient (Wildman–Crippen LogP) is 1.26. The number of carbonyl (C=O) groups excluding carboxylic acids is 2. The van der Waals surface area contributed by atoms with E-state index in [-0.39, 0.29) is 18.8 Å². The van der Waals surface area contributed by atoms with Crippen LogP contribution in [-0.4, -0.2) is 19.6 Å². The minimum absolute atomic E-state index is 0.195. The molecule has 2 aromatic rings. The molecule has 0 N–H and O–H groups in total. The molecule has 0 saturated heterocycles. The summed E-state index contributed by atoms with van der Waals surface area (Å²) in [6.45, 7) is 0.195. The molecule has 0 saturated carbocycles. The standard InChI is InChI=1S/C16H15BO3/c17-14-8-6-13(7-9-14)15(18)10-16(19)20-11-12-4-2-1-3-5-12/h1-9H,10-11,17H2. The highest BCUT2D eigenvalue weighted by molar-refractivity contribution is 6.32. The summed E-state index contributed by atoms with van der Waals surface area (Å²) in [4.78, 5) is 23.5. The maximum atomic E-state index is 11.9. The first-order valence-electron chi connectivity index (χ1n) is 6.44. The minimum atomic E-state index is -0.501. The summed E-state index contributed by atoms with van der Waals surface area (Å²) in [7, 11) is 1.95. The van der Waals surface area contributed by atoms with Crippen molar-refractivity contribution >= 4 is 25.1 Å². The van der Waals surface area contributed by atoms with Gasteiger partial charge in [-0.15, -0.1) is 0 Å². The molecule has 20 heavy (non-hydrogen) atoms. The van der Waals surface area contributed by atoms with E-state index < -0.39 is 5.97 Å². The van der Waals surface area contributed by atoms with Gasteiger partial charge in [0.15, 0.2) is 5.78 Å². The number of hydrogen-bond acceptors (Lipinski definition) is 3. The summed E-state index contributed by atoms with van der Waals surface area (Å²) in [5, 5.41) is 0. The lowest BCUT2D eigenvalue weighted by Crippen LogP contribution is -2.12. The highest BCUT2D eigenvalue weighted by atomic mass is 16.5. The van der Waals surface area contributed by atoms with Gasteiger partial charge in [0.25, 0.3) is 0 Å². The van der Waals surface area contributed by atoms with Crippen LogP contribution in [0.5, 0.6) is 0 Å². The Bertz CT molecular complexity index is 591. The fourth-order valence-electron chi connectivity index (χ4n) is 1.76. The number of ether oxygens (including phenoxy) is 1. The molecule has 2 aromatic carbocycles. The van der Waals surface area contributed by atoms with Gasteiger partial charge in [-0.05, 0) is 5.56 Å². The van der Waals surface area contributed by atoms with Crippen LogP contribution >= 0.6 is 0 Å². The van der Waals surface area contributed by atoms with Crippen molar-refractivity contribution in [3.63, 3.8) is 0 Å². The summed E-state index contributed by atoms with van der Waals surface area (Å²) < 4.78 is 5.08. The van der Waals surface area contributed by atoms with Crippen molar-refractivity contribution in [3.05, 3.63) is 65.7 Å². The maximum absolute atomic E-state index is 11.9. The number of esters is 1. The van der Waals surface area contributed by atoms with Crippen molar-refractivity contribution in [3.8, 4) is 0 Å². The summed E-state index contributed by atoms with van der Waals surface area (Å²) >= 11 is 0. The van der Waals surface area contributed by atoms with Crippen LogP contribution in [0.4, 0.5) is 0 Å². The molecule has 100 valence electrons. The highest BCUT2D eigenvalue weighted by Crippen LogP contribution is 2.05. The van der Waals surface area contributed by atoms with E-state index in [9.17, 15) is 9.59 Å². The van der Waals surface area contributed by atoms with Gasteiger partial charge in [-0.1, -0.05) is 60.1 Å². The lowest BCUT2D eigenvalue weighted by molar-refractivity contribution is -0.143. The summed E-state index contributed by atoms with van der Waals surface area (Å²) in [6.07, 6.45) is -0.226. The van der Waals surface area contributed by atoms with Crippen LogP contribution in [0.25, 0.3) is 0 Å². The molecule has 4 heteroatoms. The zero-order valence-electron chi connectivity index (χ0n) is 11.3. The first kappa shape index (κ1) is 14.1. The minimum Gasteiger partial charge on any atom is -0.460 e. The quantitative estimate of drug-likeness (QED) is 0.354. The van der Waals surface area contributed by atoms with Gasteiger partial charge in [0, 0.05) is 5.56 Å². The first-order valence-corrected chi connectivity index (χ1v) is 6.44. The molecular weight excluding hydrogens is 251 g/mol. The molecule has 3 nitrogen and oxygen atoms in total. The van der Waals surface area contributed by atoms with Crippen molar-refractivity contribution in [1.82, 2.24) is 0 Å². The van der Waals surface area contributed by atoms with Crippen LogP contribution in [-0.2, 0) is 16.1 Å². The van der Waals surface area contributed by atoms with Gasteiger partial charge in [0.1, 0.15) is 20.9 Å². The smallest absolute Gasteiger partial charge is 0.314 e. The van der Waals surface area contributed by atoms with Crippen molar-refractivity contribution in [2.75, 3.05) is 0 Å². The Morgan fingerprint density at radius 3 is 2.25 bits per heavy atom. The summed E-state index contributed by atoms with van der Waals surface area (Å²) in [6, 6.07) is 16.5. The molecule has 0 aliphatic rings. The number of carbonyl (C=O) groups is 2. The number of ketones is 1. The van der Waals surface area contributed by atoms with Crippen LogP contribution < -0.4 is 5.46 Å². The molecule has 0 aromatic heterocycles. The Kier molecular flexibility index (Phi) is 4.72. The molecule has 0 aliphatic heterocycles. The average Bonchev–Trinajstić information content (AvgIpc) is 2.47. The van der Waals surface area contributed by atoms with E-state index in [1.165, 1.54) is 0 Å². The molecule has 0 spiro atoms. The van der Waals surface area contributed by atoms with Crippen molar-refractivity contribution in [2.24, 2.45) is 0 Å². The van der Waals surface area contributed by atoms with Crippen LogP contribution in [0.15, 0.2) is 54.6 Å². The Morgan fingerprint density at radius 1 is 0.950 bits per heavy atom. The van der Waals surface area contributed by atoms with Gasteiger partial charge in [-0.2, -0.15) is 0 Å². The van der Waals surface area contributed by atoms with E-state index in [0.29, 0.717) is 5.56 Å². The van der Waals surface area contributed by atoms with E-state index in [1.54, 1.807) is 12.1 Å². The first-order chi connectivity index (χ1) is 9.65. The van der Waals surface area contributed by atoms with Gasteiger partial charge >= 0.3 is 5.97 Å². The van der Waals surface area contributed by atoms with E-state index in [0.717, 1.165) is 11.0 Å². The lowest BCUT2D eigenvalue weighted by atomic mass is 9.94. The van der Waals surface area contributed by atoms with E-state index in [1.807, 2.05) is 50.3 Å². The van der Waals surface area contributed by atoms with Crippen LogP contribution in [0.1, 0.15) is 22.3 Å². The third-order valence-corrected chi connectivity index (χ3v) is 2.92. The molecule has 0 unspecified atom stereocenters. The molecule has 0 aliphatic carbocycles. The second-order valence-corrected chi connectivity index (χ2v) is 4.61. The SMILES string of the molecule is Bc1ccc(C(=O)CC(=O)OCc2ccccc2)cc1. The third kappa shape index (κ3) is 4.09. The average molecular weight is 266 g/mol. The van der Waals surface area contributed by atoms with E-state index in [2.05, 4.69) is 0 Å². The molecule has 0 heterocycles. The fourth-order valence-corrected chi connectivity index (χ4v) is 1.76. The van der Waals surface area contributed by atoms with Crippen molar-refractivity contribution < 1.29 is 14.3 Å². The van der Waals surface area contributed by atoms with Crippen LogP contribution in [0, 0.1) is 0 Å². The van der Waals surface area contributed by atoms with Gasteiger partial charge < -0.3 is 4.74 Å². The Balaban J connectivity index is 1.85. The normalized spacial score (nSPS) is 10.0. The van der Waals surface area contributed by atoms with Crippen molar-refractivity contribution in [2.45, 2.75) is 13.0 Å². The second kappa shape index (κ2) is 6.71. The molecule has 0 fully saturated rings. The largest absolute Gasteiger partial charge is 0.460 e. The van der Waals surface area contributed by atoms with E-state index >= 15 is 0 Å². The second-order valence-electron chi connectivity index (χ2n) is 4.61. The Morgan fingerprint density at radius 2 is 1.60 bits per heavy atom. The lowest BCUT2D eigenvalue weighted by Gasteiger charge is -2.05. The fraction of sp³-hybridized carbons (Fsp3) is 0.125. The molecule has 0 amide bonds. The number of hydrogen-bond donors (Lipinski definition) is 0. The number of benzene rings is 2. The number of Topliss-reactive ketones (excluding diaryl/α,β-unsaturated/α-hetero) is 1. The maximum Gasteiger partial charge on any atom is 0.314 e. The Labute approximate surface area is 119 Å². The molecule has 0 atom stereocenters. The van der Waals surface area contributed by atoms with Gasteiger partial charge in [0.2, 0.25) is 0 Å². The van der Waals surface area contributed by atoms with Crippen LogP contribution in [0.2, 0.25) is 0 Å². The third-order valence-electron chi connectivity index (χ3n) is 2.92. The van der Waals surface area contributed by atoms with Gasteiger partial charge in [-0.3, -0.25) is 9.59 Å². The zero-order chi connectivity index (χ0) is 14.4. The molecule has 0 bridgehead atoms. The highest BCUT2D eigenvalue weighted by Gasteiger charge is 2.12. The summed E-state index contributed by atoms with van der Waals surface area (Å²) in [5.74, 6) is -0.720. The predicted molar refractivity (Wildman–Crippen MR) is 79.8 cm³/mol. The zero-order valence-corrected chi connectivity index (χ0v) is 11.3. The van der Waals surface area contributed by atoms with Crippen LogP contribution in [0.3, 0.4) is 0 Å². The summed E-state index contributed by atoms with van der Waals surface area (Å²) in [5.41, 5.74) is 2.52. The van der Waals surface area contributed by atoms with Crippen molar-refractivity contribution in [1.29, 1.82) is 0 Å². The molecular formula is C16H15BO3. The van der Waals surface area contributed by atoms with E-state index in [4.69, 9.17) is 4.74 Å². The molecule has 0 radical (unpaired) electrons. The van der Waals surface area contributed by atoms with Gasteiger partial charge in [-0.25, -0.2) is 0 Å². The monoisotopic (exact) mass is 266 g/mol. The Hall–Kier alpha value is -2.36.